The van der Waals surface area contributed by atoms with Gasteiger partial charge in [-0.25, -0.2) is 0 Å². The van der Waals surface area contributed by atoms with E-state index in [1.807, 2.05) is 19.9 Å². The van der Waals surface area contributed by atoms with Crippen molar-refractivity contribution in [1.82, 2.24) is 0 Å². The fraction of sp³-hybridized carbons (Fsp3) is 0.261. The van der Waals surface area contributed by atoms with E-state index in [1.54, 1.807) is 24.3 Å². The minimum Gasteiger partial charge on any atom is -0.457 e. The molecule has 0 saturated carbocycles. The third-order valence-corrected chi connectivity index (χ3v) is 5.67. The van der Waals surface area contributed by atoms with E-state index < -0.39 is 17.5 Å². The number of nitriles is 1. The van der Waals surface area contributed by atoms with E-state index in [2.05, 4.69) is 0 Å². The Morgan fingerprint density at radius 1 is 1.13 bits per heavy atom. The summed E-state index contributed by atoms with van der Waals surface area (Å²) in [7, 11) is 0. The molecule has 2 aliphatic carbocycles. The predicted molar refractivity (Wildman–Crippen MR) is 107 cm³/mol. The molecule has 0 bridgehead atoms. The molecule has 1 aromatic carbocycles. The fourth-order valence-electron chi connectivity index (χ4n) is 4.29. The molecule has 1 aromatic rings. The SMILES string of the molecule is CC1(C)CC(=O)C2=C(C1)OC1=C(C(=O)C(N)=C(C=N)C1=O)C2c1ccc(C#N)cc1. The number of rotatable bonds is 2. The molecule has 150 valence electrons. The zero-order valence-corrected chi connectivity index (χ0v) is 16.5. The van der Waals surface area contributed by atoms with Crippen LogP contribution in [-0.2, 0) is 19.1 Å². The van der Waals surface area contributed by atoms with E-state index >= 15 is 0 Å². The van der Waals surface area contributed by atoms with Gasteiger partial charge in [0.2, 0.25) is 11.6 Å². The van der Waals surface area contributed by atoms with Gasteiger partial charge >= 0.3 is 0 Å². The molecular weight excluding hydrogens is 382 g/mol. The van der Waals surface area contributed by atoms with Gasteiger partial charge in [-0.05, 0) is 23.1 Å². The minimum absolute atomic E-state index is 0.0135. The van der Waals surface area contributed by atoms with E-state index in [-0.39, 0.29) is 40.2 Å². The molecule has 4 rings (SSSR count). The van der Waals surface area contributed by atoms with E-state index in [0.29, 0.717) is 28.9 Å². The van der Waals surface area contributed by atoms with E-state index in [9.17, 15) is 14.4 Å². The van der Waals surface area contributed by atoms with Crippen molar-refractivity contribution in [3.8, 4) is 6.07 Å². The molecule has 0 radical (unpaired) electrons. The maximum absolute atomic E-state index is 13.1. The van der Waals surface area contributed by atoms with Crippen molar-refractivity contribution in [1.29, 1.82) is 10.7 Å². The minimum atomic E-state index is -0.817. The fourth-order valence-corrected chi connectivity index (χ4v) is 4.29. The Labute approximate surface area is 173 Å². The number of carbonyl (C=O) groups is 3. The summed E-state index contributed by atoms with van der Waals surface area (Å²) in [5.74, 6) is -2.04. The van der Waals surface area contributed by atoms with Gasteiger partial charge in [0, 0.05) is 30.5 Å². The van der Waals surface area contributed by atoms with Crippen LogP contribution in [0.25, 0.3) is 0 Å². The first-order chi connectivity index (χ1) is 14.2. The van der Waals surface area contributed by atoms with Crippen LogP contribution in [0, 0.1) is 22.2 Å². The van der Waals surface area contributed by atoms with Gasteiger partial charge in [0.1, 0.15) is 5.76 Å². The van der Waals surface area contributed by atoms with Crippen LogP contribution in [0.3, 0.4) is 0 Å². The number of ether oxygens (including phenoxy) is 1. The Morgan fingerprint density at radius 2 is 1.80 bits per heavy atom. The Bertz CT molecular complexity index is 1170. The predicted octanol–water partition coefficient (Wildman–Crippen LogP) is 2.58. The average molecular weight is 401 g/mol. The molecule has 0 spiro atoms. The Balaban J connectivity index is 1.96. The highest BCUT2D eigenvalue weighted by molar-refractivity contribution is 6.32. The number of nitrogens with two attached hydrogens (primary N) is 1. The largest absolute Gasteiger partial charge is 0.457 e. The normalized spacial score (nSPS) is 23.0. The summed E-state index contributed by atoms with van der Waals surface area (Å²) in [5, 5.41) is 16.6. The molecule has 0 amide bonds. The highest BCUT2D eigenvalue weighted by Gasteiger charge is 2.48. The van der Waals surface area contributed by atoms with Crippen LogP contribution < -0.4 is 5.73 Å². The van der Waals surface area contributed by atoms with Crippen molar-refractivity contribution < 1.29 is 19.1 Å². The lowest BCUT2D eigenvalue weighted by molar-refractivity contribution is -0.121. The number of Topliss-reactive ketones (excluding diaryl/α,β-unsaturated/α-hetero) is 3. The first kappa shape index (κ1) is 19.5. The molecule has 1 aliphatic heterocycles. The van der Waals surface area contributed by atoms with Crippen LogP contribution in [0.5, 0.6) is 0 Å². The smallest absolute Gasteiger partial charge is 0.232 e. The molecule has 1 atom stereocenters. The number of allylic oxidation sites excluding steroid dienone is 4. The van der Waals surface area contributed by atoms with Gasteiger partial charge in [-0.3, -0.25) is 14.4 Å². The molecule has 0 fully saturated rings. The Morgan fingerprint density at radius 3 is 2.40 bits per heavy atom. The maximum Gasteiger partial charge on any atom is 0.232 e. The number of nitrogens with one attached hydrogen (secondary N) is 1. The third kappa shape index (κ3) is 2.80. The summed E-state index contributed by atoms with van der Waals surface area (Å²) in [6, 6.07) is 8.57. The number of carbonyl (C=O) groups excluding carboxylic acids is 3. The zero-order valence-electron chi connectivity index (χ0n) is 16.5. The number of ketones is 3. The first-order valence-corrected chi connectivity index (χ1v) is 9.46. The second kappa shape index (κ2) is 6.63. The van der Waals surface area contributed by atoms with Crippen molar-refractivity contribution in [2.45, 2.75) is 32.6 Å². The number of hydrogen-bond donors (Lipinski definition) is 2. The topological polar surface area (TPSA) is 134 Å². The van der Waals surface area contributed by atoms with Crippen molar-refractivity contribution in [3.63, 3.8) is 0 Å². The van der Waals surface area contributed by atoms with Gasteiger partial charge < -0.3 is 15.9 Å². The van der Waals surface area contributed by atoms with Crippen LogP contribution in [0.2, 0.25) is 0 Å². The molecule has 1 unspecified atom stereocenters. The number of nitrogens with zero attached hydrogens (tertiary/aromatic N) is 1. The van der Waals surface area contributed by atoms with Gasteiger partial charge in [-0.15, -0.1) is 0 Å². The quantitative estimate of drug-likeness (QED) is 0.578. The average Bonchev–Trinajstić information content (AvgIpc) is 2.70. The standard InChI is InChI=1S/C23H19N3O4/c1-23(2)7-14(27)17-15(8-23)30-22-18(21(29)19(26)13(10-25)20(22)28)16(17)12-5-3-11(9-24)4-6-12/h3-6,10,16,25H,7-8,26H2,1-2H3. The van der Waals surface area contributed by atoms with E-state index in [4.69, 9.17) is 21.1 Å². The van der Waals surface area contributed by atoms with Gasteiger partial charge in [0.15, 0.2) is 11.5 Å². The van der Waals surface area contributed by atoms with Gasteiger partial charge in [0.05, 0.1) is 28.5 Å². The van der Waals surface area contributed by atoms with Crippen LogP contribution in [0.4, 0.5) is 0 Å². The van der Waals surface area contributed by atoms with Gasteiger partial charge in [-0.2, -0.15) is 5.26 Å². The maximum atomic E-state index is 13.1. The molecule has 0 saturated heterocycles. The molecule has 1 heterocycles. The van der Waals surface area contributed by atoms with Crippen molar-refractivity contribution >= 4 is 23.6 Å². The second-order valence-electron chi connectivity index (χ2n) is 8.42. The summed E-state index contributed by atoms with van der Waals surface area (Å²) in [6.45, 7) is 3.88. The molecule has 30 heavy (non-hydrogen) atoms. The highest BCUT2D eigenvalue weighted by Crippen LogP contribution is 2.50. The Hall–Kier alpha value is -3.79. The van der Waals surface area contributed by atoms with Crippen LogP contribution in [0.15, 0.2) is 58.2 Å². The molecule has 7 heteroatoms. The van der Waals surface area contributed by atoms with E-state index in [0.717, 1.165) is 6.21 Å². The van der Waals surface area contributed by atoms with Crippen molar-refractivity contribution in [2.24, 2.45) is 11.1 Å². The summed E-state index contributed by atoms with van der Waals surface area (Å²) in [5.41, 5.74) is 6.37. The van der Waals surface area contributed by atoms with Gasteiger partial charge in [0.25, 0.3) is 0 Å². The van der Waals surface area contributed by atoms with Crippen LogP contribution >= 0.6 is 0 Å². The Kier molecular flexibility index (Phi) is 4.31. The molecular formula is C23H19N3O4. The van der Waals surface area contributed by atoms with Crippen LogP contribution in [0.1, 0.15) is 43.7 Å². The van der Waals surface area contributed by atoms with E-state index in [1.165, 1.54) is 0 Å². The summed E-state index contributed by atoms with van der Waals surface area (Å²) >= 11 is 0. The first-order valence-electron chi connectivity index (χ1n) is 9.46. The molecule has 0 aromatic heterocycles. The lowest BCUT2D eigenvalue weighted by atomic mass is 9.68. The summed E-state index contributed by atoms with van der Waals surface area (Å²) in [4.78, 5) is 39.2. The highest BCUT2D eigenvalue weighted by atomic mass is 16.5. The summed E-state index contributed by atoms with van der Waals surface area (Å²) in [6.07, 6.45) is 1.46. The van der Waals surface area contributed by atoms with Crippen LogP contribution in [-0.4, -0.2) is 23.6 Å². The monoisotopic (exact) mass is 401 g/mol. The second-order valence-corrected chi connectivity index (χ2v) is 8.42. The zero-order chi connectivity index (χ0) is 21.8. The lowest BCUT2D eigenvalue weighted by Crippen LogP contribution is -2.39. The lowest BCUT2D eigenvalue weighted by Gasteiger charge is -2.39. The number of benzene rings is 1. The van der Waals surface area contributed by atoms with Crippen molar-refractivity contribution in [3.05, 3.63) is 69.3 Å². The molecule has 7 nitrogen and oxygen atoms in total. The molecule has 3 N–H and O–H groups in total. The number of hydrogen-bond acceptors (Lipinski definition) is 7. The molecule has 3 aliphatic rings. The summed E-state index contributed by atoms with van der Waals surface area (Å²) < 4.78 is 5.88. The third-order valence-electron chi connectivity index (χ3n) is 5.67. The van der Waals surface area contributed by atoms with Gasteiger partial charge in [-0.1, -0.05) is 26.0 Å². The van der Waals surface area contributed by atoms with Crippen molar-refractivity contribution in [2.75, 3.05) is 0 Å².